The topological polar surface area (TPSA) is 39.2 Å². The van der Waals surface area contributed by atoms with Gasteiger partial charge in [0, 0.05) is 18.8 Å². The average molecular weight is 351 g/mol. The second kappa shape index (κ2) is 6.06. The van der Waals surface area contributed by atoms with Gasteiger partial charge in [-0.3, -0.25) is 4.98 Å². The Kier molecular flexibility index (Phi) is 3.54. The standard InChI is InChI=1S/C24H17NO2/c1-27-24(26)21-9-5-3-7-19(21)22-13-15-12-16-14-25-11-10-17(16)23(15)20-8-4-2-6-18(20)22/h2-11,13-14H,12H2,1H3. The van der Waals surface area contributed by atoms with Gasteiger partial charge in [0.05, 0.1) is 12.7 Å². The normalized spacial score (nSPS) is 11.9. The summed E-state index contributed by atoms with van der Waals surface area (Å²) in [5.41, 5.74) is 7.60. The molecule has 0 saturated carbocycles. The van der Waals surface area contributed by atoms with E-state index in [1.807, 2.05) is 42.7 Å². The Morgan fingerprint density at radius 3 is 2.52 bits per heavy atom. The maximum atomic E-state index is 12.3. The fourth-order valence-electron chi connectivity index (χ4n) is 4.14. The average Bonchev–Trinajstić information content (AvgIpc) is 3.11. The zero-order chi connectivity index (χ0) is 18.4. The van der Waals surface area contributed by atoms with Crippen LogP contribution in [0.25, 0.3) is 33.0 Å². The van der Waals surface area contributed by atoms with Gasteiger partial charge in [-0.25, -0.2) is 4.79 Å². The van der Waals surface area contributed by atoms with Gasteiger partial charge < -0.3 is 4.74 Å². The lowest BCUT2D eigenvalue weighted by molar-refractivity contribution is 0.0601. The summed E-state index contributed by atoms with van der Waals surface area (Å²) in [4.78, 5) is 16.6. The van der Waals surface area contributed by atoms with E-state index in [0.29, 0.717) is 5.56 Å². The van der Waals surface area contributed by atoms with Crippen LogP contribution in [0.3, 0.4) is 0 Å². The first-order valence-corrected chi connectivity index (χ1v) is 8.93. The third kappa shape index (κ3) is 2.36. The van der Waals surface area contributed by atoms with Crippen LogP contribution in [0, 0.1) is 0 Å². The first-order chi connectivity index (χ1) is 13.3. The maximum absolute atomic E-state index is 12.3. The summed E-state index contributed by atoms with van der Waals surface area (Å²) in [6.07, 6.45) is 4.66. The minimum atomic E-state index is -0.317. The van der Waals surface area contributed by atoms with Crippen molar-refractivity contribution in [2.45, 2.75) is 6.42 Å². The minimum Gasteiger partial charge on any atom is -0.465 e. The highest BCUT2D eigenvalue weighted by atomic mass is 16.5. The molecule has 0 bridgehead atoms. The number of carbonyl (C=O) groups is 1. The highest BCUT2D eigenvalue weighted by molar-refractivity contribution is 6.10. The van der Waals surface area contributed by atoms with Crippen molar-refractivity contribution in [2.24, 2.45) is 0 Å². The molecule has 0 atom stereocenters. The van der Waals surface area contributed by atoms with Gasteiger partial charge in [-0.05, 0) is 62.4 Å². The van der Waals surface area contributed by atoms with E-state index in [-0.39, 0.29) is 5.97 Å². The van der Waals surface area contributed by atoms with Gasteiger partial charge in [0.2, 0.25) is 0 Å². The molecule has 1 aliphatic carbocycles. The van der Waals surface area contributed by atoms with Crippen LogP contribution in [0.15, 0.2) is 73.1 Å². The third-order valence-electron chi connectivity index (χ3n) is 5.30. The largest absolute Gasteiger partial charge is 0.465 e. The van der Waals surface area contributed by atoms with Gasteiger partial charge in [0.1, 0.15) is 0 Å². The van der Waals surface area contributed by atoms with Crippen LogP contribution in [0.2, 0.25) is 0 Å². The van der Waals surface area contributed by atoms with E-state index in [9.17, 15) is 4.79 Å². The first-order valence-electron chi connectivity index (χ1n) is 8.93. The number of nitrogens with zero attached hydrogens (tertiary/aromatic N) is 1. The van der Waals surface area contributed by atoms with Crippen LogP contribution in [-0.4, -0.2) is 18.1 Å². The Hall–Kier alpha value is -3.46. The third-order valence-corrected chi connectivity index (χ3v) is 5.30. The van der Waals surface area contributed by atoms with Crippen LogP contribution in [0.4, 0.5) is 0 Å². The van der Waals surface area contributed by atoms with Gasteiger partial charge in [0.15, 0.2) is 0 Å². The van der Waals surface area contributed by atoms with E-state index in [1.165, 1.54) is 34.7 Å². The molecule has 1 heterocycles. The van der Waals surface area contributed by atoms with Gasteiger partial charge >= 0.3 is 5.97 Å². The fraction of sp³-hybridized carbons (Fsp3) is 0.0833. The molecule has 3 aromatic carbocycles. The number of benzene rings is 3. The Bertz CT molecular complexity index is 1210. The lowest BCUT2D eigenvalue weighted by atomic mass is 9.89. The second-order valence-electron chi connectivity index (χ2n) is 6.75. The summed E-state index contributed by atoms with van der Waals surface area (Å²) >= 11 is 0. The van der Waals surface area contributed by atoms with Crippen molar-refractivity contribution >= 4 is 16.7 Å². The number of hydrogen-bond donors (Lipinski definition) is 0. The number of pyridine rings is 1. The van der Waals surface area contributed by atoms with Crippen molar-refractivity contribution < 1.29 is 9.53 Å². The predicted molar refractivity (Wildman–Crippen MR) is 107 cm³/mol. The molecule has 1 aliphatic rings. The molecule has 3 heteroatoms. The SMILES string of the molecule is COC(=O)c1ccccc1-c1cc2c(c3ccccc13)-c1ccncc1C2. The lowest BCUT2D eigenvalue weighted by Gasteiger charge is -2.15. The quantitative estimate of drug-likeness (QED) is 0.407. The number of fused-ring (bicyclic) bond motifs is 5. The molecule has 27 heavy (non-hydrogen) atoms. The van der Waals surface area contributed by atoms with Gasteiger partial charge in [0.25, 0.3) is 0 Å². The van der Waals surface area contributed by atoms with Crippen molar-refractivity contribution in [3.05, 3.63) is 89.7 Å². The Morgan fingerprint density at radius 1 is 0.889 bits per heavy atom. The van der Waals surface area contributed by atoms with Crippen molar-refractivity contribution in [3.8, 4) is 22.3 Å². The van der Waals surface area contributed by atoms with Crippen molar-refractivity contribution in [1.82, 2.24) is 4.98 Å². The Morgan fingerprint density at radius 2 is 1.67 bits per heavy atom. The van der Waals surface area contributed by atoms with Crippen LogP contribution >= 0.6 is 0 Å². The Labute approximate surface area is 157 Å². The number of methoxy groups -OCH3 is 1. The van der Waals surface area contributed by atoms with Gasteiger partial charge in [-0.15, -0.1) is 0 Å². The summed E-state index contributed by atoms with van der Waals surface area (Å²) in [6.45, 7) is 0. The number of rotatable bonds is 2. The van der Waals surface area contributed by atoms with Crippen molar-refractivity contribution in [2.75, 3.05) is 7.11 Å². The number of aromatic nitrogens is 1. The number of hydrogen-bond acceptors (Lipinski definition) is 3. The molecule has 5 rings (SSSR count). The molecule has 130 valence electrons. The van der Waals surface area contributed by atoms with Crippen LogP contribution in [0.1, 0.15) is 21.5 Å². The molecule has 0 spiro atoms. The van der Waals surface area contributed by atoms with Crippen LogP contribution in [0.5, 0.6) is 0 Å². The highest BCUT2D eigenvalue weighted by Crippen LogP contribution is 2.45. The van der Waals surface area contributed by atoms with Gasteiger partial charge in [-0.1, -0.05) is 42.5 Å². The molecule has 0 unspecified atom stereocenters. The molecule has 0 saturated heterocycles. The summed E-state index contributed by atoms with van der Waals surface area (Å²) in [6, 6.07) is 20.3. The molecule has 0 N–H and O–H groups in total. The zero-order valence-corrected chi connectivity index (χ0v) is 14.9. The van der Waals surface area contributed by atoms with E-state index in [1.54, 1.807) is 0 Å². The smallest absolute Gasteiger partial charge is 0.338 e. The molecule has 0 radical (unpaired) electrons. The summed E-state index contributed by atoms with van der Waals surface area (Å²) < 4.78 is 5.01. The van der Waals surface area contributed by atoms with Crippen LogP contribution in [-0.2, 0) is 11.2 Å². The molecule has 0 fully saturated rings. The number of ether oxygens (including phenoxy) is 1. The molecule has 0 amide bonds. The molecule has 4 aromatic rings. The zero-order valence-electron chi connectivity index (χ0n) is 14.9. The molecule has 3 nitrogen and oxygen atoms in total. The van der Waals surface area contributed by atoms with Crippen LogP contribution < -0.4 is 0 Å². The van der Waals surface area contributed by atoms with E-state index in [4.69, 9.17) is 4.74 Å². The number of carbonyl (C=O) groups excluding carboxylic acids is 1. The highest BCUT2D eigenvalue weighted by Gasteiger charge is 2.24. The maximum Gasteiger partial charge on any atom is 0.338 e. The van der Waals surface area contributed by atoms with Gasteiger partial charge in [-0.2, -0.15) is 0 Å². The van der Waals surface area contributed by atoms with E-state index < -0.39 is 0 Å². The molecule has 1 aromatic heterocycles. The summed E-state index contributed by atoms with van der Waals surface area (Å²) in [5, 5.41) is 2.34. The minimum absolute atomic E-state index is 0.317. The predicted octanol–water partition coefficient (Wildman–Crippen LogP) is 5.26. The second-order valence-corrected chi connectivity index (χ2v) is 6.75. The van der Waals surface area contributed by atoms with E-state index in [2.05, 4.69) is 35.3 Å². The van der Waals surface area contributed by atoms with Crippen molar-refractivity contribution in [3.63, 3.8) is 0 Å². The summed E-state index contributed by atoms with van der Waals surface area (Å²) in [5.74, 6) is -0.317. The number of esters is 1. The Balaban J connectivity index is 1.85. The van der Waals surface area contributed by atoms with E-state index in [0.717, 1.165) is 22.9 Å². The molecular weight excluding hydrogens is 334 g/mol. The summed E-state index contributed by atoms with van der Waals surface area (Å²) in [7, 11) is 1.42. The van der Waals surface area contributed by atoms with E-state index >= 15 is 0 Å². The monoisotopic (exact) mass is 351 g/mol. The fourth-order valence-corrected chi connectivity index (χ4v) is 4.14. The molecular formula is C24H17NO2. The lowest BCUT2D eigenvalue weighted by Crippen LogP contribution is -2.03. The molecule has 0 aliphatic heterocycles. The van der Waals surface area contributed by atoms with Crippen molar-refractivity contribution in [1.29, 1.82) is 0 Å². The first kappa shape index (κ1) is 15.8.